The van der Waals surface area contributed by atoms with Gasteiger partial charge >= 0.3 is 0 Å². The molecule has 1 N–H and O–H groups in total. The second kappa shape index (κ2) is 9.49. The summed E-state index contributed by atoms with van der Waals surface area (Å²) in [6.07, 6.45) is 2.35. The van der Waals surface area contributed by atoms with Crippen LogP contribution in [0.25, 0.3) is 0 Å². The van der Waals surface area contributed by atoms with Gasteiger partial charge in [0.05, 0.1) is 31.8 Å². The first-order chi connectivity index (χ1) is 14.0. The van der Waals surface area contributed by atoms with Crippen LogP contribution in [0, 0.1) is 10.8 Å². The molecule has 0 saturated carbocycles. The van der Waals surface area contributed by atoms with Crippen molar-refractivity contribution < 1.29 is 19.4 Å². The normalized spacial score (nSPS) is 24.0. The molecule has 29 heavy (non-hydrogen) atoms. The summed E-state index contributed by atoms with van der Waals surface area (Å²) >= 11 is 0. The van der Waals surface area contributed by atoms with Gasteiger partial charge in [0.25, 0.3) is 0 Å². The summed E-state index contributed by atoms with van der Waals surface area (Å²) in [7, 11) is 0. The molecule has 0 saturated heterocycles. The second-order valence-corrected chi connectivity index (χ2v) is 8.18. The van der Waals surface area contributed by atoms with Crippen LogP contribution >= 0.6 is 0 Å². The minimum absolute atomic E-state index is 0.0422. The zero-order chi connectivity index (χ0) is 20.7. The summed E-state index contributed by atoms with van der Waals surface area (Å²) in [6.45, 7) is 5.62. The van der Waals surface area contributed by atoms with E-state index in [0.717, 1.165) is 11.1 Å². The van der Waals surface area contributed by atoms with E-state index in [9.17, 15) is 9.90 Å². The molecule has 4 nitrogen and oxygen atoms in total. The highest BCUT2D eigenvalue weighted by molar-refractivity contribution is 6.03. The molecule has 0 aromatic heterocycles. The summed E-state index contributed by atoms with van der Waals surface area (Å²) in [5.74, 6) is 0.0467. The first kappa shape index (κ1) is 21.4. The average molecular weight is 395 g/mol. The minimum Gasteiger partial charge on any atom is -0.396 e. The van der Waals surface area contributed by atoms with E-state index in [1.165, 1.54) is 0 Å². The fraction of sp³-hybridized carbons (Fsp3) is 0.400. The Hall–Kier alpha value is -2.27. The number of carbonyl (C=O) groups is 1. The maximum absolute atomic E-state index is 13.2. The molecule has 154 valence electrons. The Labute approximate surface area is 173 Å². The van der Waals surface area contributed by atoms with Crippen molar-refractivity contribution in [3.8, 4) is 0 Å². The number of benzene rings is 2. The molecule has 2 aromatic rings. The van der Waals surface area contributed by atoms with Gasteiger partial charge in [-0.25, -0.2) is 0 Å². The molecular weight excluding hydrogens is 364 g/mol. The number of hydrogen-bond acceptors (Lipinski definition) is 4. The molecule has 2 aromatic carbocycles. The van der Waals surface area contributed by atoms with E-state index >= 15 is 0 Å². The van der Waals surface area contributed by atoms with Crippen LogP contribution < -0.4 is 0 Å². The molecule has 0 bridgehead atoms. The van der Waals surface area contributed by atoms with Gasteiger partial charge in [-0.3, -0.25) is 4.79 Å². The minimum atomic E-state index is -0.733. The Morgan fingerprint density at radius 2 is 1.34 bits per heavy atom. The van der Waals surface area contributed by atoms with Crippen molar-refractivity contribution in [1.82, 2.24) is 0 Å². The second-order valence-electron chi connectivity index (χ2n) is 8.18. The van der Waals surface area contributed by atoms with Crippen molar-refractivity contribution >= 4 is 5.78 Å². The van der Waals surface area contributed by atoms with E-state index in [4.69, 9.17) is 9.47 Å². The summed E-state index contributed by atoms with van der Waals surface area (Å²) < 4.78 is 12.0. The fourth-order valence-corrected chi connectivity index (χ4v) is 3.86. The van der Waals surface area contributed by atoms with E-state index in [-0.39, 0.29) is 12.4 Å². The first-order valence-corrected chi connectivity index (χ1v) is 10.1. The highest BCUT2D eigenvalue weighted by atomic mass is 16.5. The van der Waals surface area contributed by atoms with Crippen LogP contribution in [0.1, 0.15) is 31.4 Å². The van der Waals surface area contributed by atoms with E-state index in [0.29, 0.717) is 38.4 Å². The third-order valence-corrected chi connectivity index (χ3v) is 5.94. The molecule has 0 aliphatic heterocycles. The lowest BCUT2D eigenvalue weighted by atomic mass is 9.68. The fourth-order valence-electron chi connectivity index (χ4n) is 3.86. The van der Waals surface area contributed by atoms with Gasteiger partial charge in [-0.05, 0) is 30.0 Å². The molecule has 0 unspecified atom stereocenters. The number of aliphatic hydroxyl groups is 1. The first-order valence-electron chi connectivity index (χ1n) is 10.1. The van der Waals surface area contributed by atoms with Crippen molar-refractivity contribution in [2.24, 2.45) is 10.8 Å². The van der Waals surface area contributed by atoms with Crippen molar-refractivity contribution in [1.29, 1.82) is 0 Å². The third-order valence-electron chi connectivity index (χ3n) is 5.94. The summed E-state index contributed by atoms with van der Waals surface area (Å²) in [6, 6.07) is 19.9. The van der Waals surface area contributed by atoms with Gasteiger partial charge in [-0.15, -0.1) is 0 Å². The lowest BCUT2D eigenvalue weighted by molar-refractivity contribution is -0.136. The highest BCUT2D eigenvalue weighted by Gasteiger charge is 2.54. The molecular formula is C25H30O4. The number of aliphatic hydroxyl groups excluding tert-OH is 1. The van der Waals surface area contributed by atoms with Crippen LogP contribution in [-0.2, 0) is 27.5 Å². The summed E-state index contributed by atoms with van der Waals surface area (Å²) in [4.78, 5) is 13.2. The SMILES string of the molecule is C[C@@]1(COCc2ccccc2)C=C(CCO)C(=O)[C@]1(C)COCc1ccccc1. The lowest BCUT2D eigenvalue weighted by Crippen LogP contribution is -2.45. The van der Waals surface area contributed by atoms with E-state index in [2.05, 4.69) is 0 Å². The van der Waals surface area contributed by atoms with E-state index in [1.807, 2.05) is 80.6 Å². The summed E-state index contributed by atoms with van der Waals surface area (Å²) in [5.41, 5.74) is 1.61. The Balaban J connectivity index is 1.69. The van der Waals surface area contributed by atoms with Crippen molar-refractivity contribution in [2.45, 2.75) is 33.5 Å². The molecule has 1 aliphatic carbocycles. The number of ether oxygens (including phenoxy) is 2. The summed E-state index contributed by atoms with van der Waals surface area (Å²) in [5, 5.41) is 9.38. The maximum Gasteiger partial charge on any atom is 0.167 e. The largest absolute Gasteiger partial charge is 0.396 e. The molecule has 3 rings (SSSR count). The quantitative estimate of drug-likeness (QED) is 0.652. The van der Waals surface area contributed by atoms with Gasteiger partial charge in [0.2, 0.25) is 0 Å². The Kier molecular flexibility index (Phi) is 7.01. The Morgan fingerprint density at radius 3 is 1.86 bits per heavy atom. The zero-order valence-electron chi connectivity index (χ0n) is 17.3. The predicted octanol–water partition coefficient (Wildman–Crippen LogP) is 4.32. The van der Waals surface area contributed by atoms with Gasteiger partial charge in [0.1, 0.15) is 0 Å². The topological polar surface area (TPSA) is 55.8 Å². The van der Waals surface area contributed by atoms with Gasteiger partial charge in [-0.1, -0.05) is 73.7 Å². The van der Waals surface area contributed by atoms with Gasteiger partial charge in [-0.2, -0.15) is 0 Å². The van der Waals surface area contributed by atoms with Crippen LogP contribution in [0.2, 0.25) is 0 Å². The van der Waals surface area contributed by atoms with E-state index in [1.54, 1.807) is 0 Å². The number of Topliss-reactive ketones (excluding diaryl/α,β-unsaturated/α-hetero) is 1. The molecule has 0 spiro atoms. The van der Waals surface area contributed by atoms with Crippen LogP contribution in [-0.4, -0.2) is 30.7 Å². The molecule has 0 radical (unpaired) electrons. The number of rotatable bonds is 10. The van der Waals surface area contributed by atoms with Crippen molar-refractivity contribution in [2.75, 3.05) is 19.8 Å². The number of ketones is 1. The monoisotopic (exact) mass is 394 g/mol. The Bertz CT molecular complexity index is 830. The molecule has 0 amide bonds. The van der Waals surface area contributed by atoms with Crippen LogP contribution in [0.3, 0.4) is 0 Å². The highest BCUT2D eigenvalue weighted by Crippen LogP contribution is 2.50. The van der Waals surface area contributed by atoms with Crippen molar-refractivity contribution in [3.05, 3.63) is 83.4 Å². The van der Waals surface area contributed by atoms with Gasteiger partial charge in [0.15, 0.2) is 5.78 Å². The zero-order valence-corrected chi connectivity index (χ0v) is 17.3. The van der Waals surface area contributed by atoms with Crippen molar-refractivity contribution in [3.63, 3.8) is 0 Å². The van der Waals surface area contributed by atoms with Gasteiger partial charge < -0.3 is 14.6 Å². The number of carbonyl (C=O) groups excluding carboxylic acids is 1. The average Bonchev–Trinajstić information content (AvgIpc) is 2.91. The van der Waals surface area contributed by atoms with Gasteiger partial charge in [0, 0.05) is 12.0 Å². The smallest absolute Gasteiger partial charge is 0.167 e. The van der Waals surface area contributed by atoms with Crippen LogP contribution in [0.15, 0.2) is 72.3 Å². The van der Waals surface area contributed by atoms with E-state index < -0.39 is 10.8 Å². The molecule has 0 fully saturated rings. The Morgan fingerprint density at radius 1 is 0.828 bits per heavy atom. The van der Waals surface area contributed by atoms with Crippen LogP contribution in [0.5, 0.6) is 0 Å². The predicted molar refractivity (Wildman–Crippen MR) is 113 cm³/mol. The lowest BCUT2D eigenvalue weighted by Gasteiger charge is -2.39. The molecule has 0 heterocycles. The standard InChI is InChI=1S/C25H30O4/c1-24(18-28-16-20-9-5-3-6-10-20)15-22(13-14-26)23(27)25(24,2)19-29-17-21-11-7-4-8-12-21/h3-12,15,26H,13-14,16-19H2,1-2H3/t24-,25-/m0/s1. The van der Waals surface area contributed by atoms with Crippen LogP contribution in [0.4, 0.5) is 0 Å². The molecule has 4 heteroatoms. The molecule has 2 atom stereocenters. The number of hydrogen-bond donors (Lipinski definition) is 1. The molecule has 1 aliphatic rings. The maximum atomic E-state index is 13.2. The third kappa shape index (κ3) is 4.84.